The number of hydrogen-bond acceptors (Lipinski definition) is 3. The molecular formula is C16H24O3. The molecule has 0 spiro atoms. The van der Waals surface area contributed by atoms with Gasteiger partial charge >= 0.3 is 0 Å². The third-order valence-electron chi connectivity index (χ3n) is 4.31. The van der Waals surface area contributed by atoms with Gasteiger partial charge in [0.15, 0.2) is 0 Å². The molecule has 1 atom stereocenters. The lowest BCUT2D eigenvalue weighted by Crippen LogP contribution is -2.41. The van der Waals surface area contributed by atoms with Crippen molar-refractivity contribution in [3.05, 3.63) is 29.3 Å². The zero-order chi connectivity index (χ0) is 13.9. The van der Waals surface area contributed by atoms with E-state index < -0.39 is 11.7 Å². The number of hydrogen-bond donors (Lipinski definition) is 2. The molecule has 0 saturated heterocycles. The molecule has 0 saturated carbocycles. The third-order valence-corrected chi connectivity index (χ3v) is 4.31. The highest BCUT2D eigenvalue weighted by atomic mass is 16.5. The van der Waals surface area contributed by atoms with Gasteiger partial charge in [-0.1, -0.05) is 26.0 Å². The molecule has 0 radical (unpaired) electrons. The Bertz CT molecular complexity index is 424. The van der Waals surface area contributed by atoms with Gasteiger partial charge in [0.1, 0.15) is 5.75 Å². The second-order valence-electron chi connectivity index (χ2n) is 5.41. The maximum Gasteiger partial charge on any atom is 0.122 e. The van der Waals surface area contributed by atoms with E-state index in [-0.39, 0.29) is 0 Å². The average Bonchev–Trinajstić information content (AvgIpc) is 2.91. The van der Waals surface area contributed by atoms with Crippen LogP contribution in [0.5, 0.6) is 5.75 Å². The van der Waals surface area contributed by atoms with Crippen LogP contribution >= 0.6 is 0 Å². The minimum Gasteiger partial charge on any atom is -0.493 e. The topological polar surface area (TPSA) is 49.7 Å². The van der Waals surface area contributed by atoms with E-state index in [1.165, 1.54) is 11.1 Å². The molecule has 1 aromatic rings. The van der Waals surface area contributed by atoms with Crippen molar-refractivity contribution in [2.24, 2.45) is 0 Å². The Morgan fingerprint density at radius 3 is 2.74 bits per heavy atom. The number of ether oxygens (including phenoxy) is 1. The van der Waals surface area contributed by atoms with Gasteiger partial charge < -0.3 is 14.9 Å². The predicted molar refractivity (Wildman–Crippen MR) is 75.5 cm³/mol. The highest BCUT2D eigenvalue weighted by Crippen LogP contribution is 2.27. The van der Waals surface area contributed by atoms with Crippen LogP contribution in [0.3, 0.4) is 0 Å². The van der Waals surface area contributed by atoms with Gasteiger partial charge in [0.2, 0.25) is 0 Å². The van der Waals surface area contributed by atoms with Gasteiger partial charge in [-0.05, 0) is 42.9 Å². The minimum atomic E-state index is -0.945. The van der Waals surface area contributed by atoms with Gasteiger partial charge in [0, 0.05) is 6.42 Å². The number of aliphatic hydroxyl groups is 2. The van der Waals surface area contributed by atoms with Crippen LogP contribution in [0.1, 0.15) is 44.2 Å². The average molecular weight is 264 g/mol. The number of rotatable bonds is 6. The fraction of sp³-hybridized carbons (Fsp3) is 0.625. The molecular weight excluding hydrogens is 240 g/mol. The highest BCUT2D eigenvalue weighted by molar-refractivity contribution is 5.39. The molecule has 0 aliphatic carbocycles. The molecule has 1 heterocycles. The SMILES string of the molecule is CCC(O)(CC)C(O)CCc1ccc2c(c1)CCO2. The quantitative estimate of drug-likeness (QED) is 0.830. The van der Waals surface area contributed by atoms with Crippen LogP contribution in [-0.4, -0.2) is 28.5 Å². The maximum atomic E-state index is 10.3. The van der Waals surface area contributed by atoms with Crippen molar-refractivity contribution in [2.75, 3.05) is 6.61 Å². The van der Waals surface area contributed by atoms with Crippen LogP contribution in [0.2, 0.25) is 0 Å². The molecule has 2 N–H and O–H groups in total. The standard InChI is InChI=1S/C16H24O3/c1-3-16(18,4-2)15(17)8-6-12-5-7-14-13(11-12)9-10-19-14/h5,7,11,15,17-18H,3-4,6,8-10H2,1-2H3. The van der Waals surface area contributed by atoms with E-state index in [1.54, 1.807) is 0 Å². The van der Waals surface area contributed by atoms with E-state index in [1.807, 2.05) is 26.0 Å². The van der Waals surface area contributed by atoms with E-state index in [0.29, 0.717) is 19.3 Å². The lowest BCUT2D eigenvalue weighted by atomic mass is 9.87. The van der Waals surface area contributed by atoms with Crippen molar-refractivity contribution < 1.29 is 14.9 Å². The van der Waals surface area contributed by atoms with Gasteiger partial charge in [0.25, 0.3) is 0 Å². The first kappa shape index (κ1) is 14.4. The largest absolute Gasteiger partial charge is 0.493 e. The van der Waals surface area contributed by atoms with Crippen LogP contribution in [0.15, 0.2) is 18.2 Å². The first-order valence-corrected chi connectivity index (χ1v) is 7.24. The summed E-state index contributed by atoms with van der Waals surface area (Å²) in [6.07, 6.45) is 2.87. The Labute approximate surface area is 115 Å². The van der Waals surface area contributed by atoms with Crippen LogP contribution < -0.4 is 4.74 Å². The number of fused-ring (bicyclic) bond motifs is 1. The van der Waals surface area contributed by atoms with Crippen LogP contribution in [0.25, 0.3) is 0 Å². The predicted octanol–water partition coefficient (Wildman–Crippen LogP) is 2.47. The molecule has 1 aliphatic heterocycles. The summed E-state index contributed by atoms with van der Waals surface area (Å²) in [6, 6.07) is 6.22. The van der Waals surface area contributed by atoms with E-state index in [0.717, 1.165) is 25.2 Å². The fourth-order valence-electron chi connectivity index (χ4n) is 2.69. The monoisotopic (exact) mass is 264 g/mol. The molecule has 106 valence electrons. The summed E-state index contributed by atoms with van der Waals surface area (Å²) < 4.78 is 5.48. The van der Waals surface area contributed by atoms with Crippen molar-refractivity contribution in [1.82, 2.24) is 0 Å². The first-order chi connectivity index (χ1) is 9.09. The summed E-state index contributed by atoms with van der Waals surface area (Å²) in [4.78, 5) is 0. The lowest BCUT2D eigenvalue weighted by Gasteiger charge is -2.31. The molecule has 1 unspecified atom stereocenters. The number of benzene rings is 1. The van der Waals surface area contributed by atoms with Crippen LogP contribution in [-0.2, 0) is 12.8 Å². The van der Waals surface area contributed by atoms with E-state index >= 15 is 0 Å². The summed E-state index contributed by atoms with van der Waals surface area (Å²) in [6.45, 7) is 4.60. The Morgan fingerprint density at radius 2 is 2.05 bits per heavy atom. The lowest BCUT2D eigenvalue weighted by molar-refractivity contribution is -0.0825. The molecule has 0 fully saturated rings. The van der Waals surface area contributed by atoms with E-state index in [2.05, 4.69) is 6.07 Å². The molecule has 3 nitrogen and oxygen atoms in total. The van der Waals surface area contributed by atoms with Gasteiger partial charge in [-0.3, -0.25) is 0 Å². The summed E-state index contributed by atoms with van der Waals surface area (Å²) in [5.74, 6) is 0.989. The Balaban J connectivity index is 1.95. The second kappa shape index (κ2) is 5.93. The van der Waals surface area contributed by atoms with Crippen LogP contribution in [0, 0.1) is 0 Å². The first-order valence-electron chi connectivity index (χ1n) is 7.24. The van der Waals surface area contributed by atoms with Crippen molar-refractivity contribution in [1.29, 1.82) is 0 Å². The zero-order valence-corrected chi connectivity index (χ0v) is 11.9. The molecule has 1 aliphatic rings. The molecule has 19 heavy (non-hydrogen) atoms. The van der Waals surface area contributed by atoms with Gasteiger partial charge in [0.05, 0.1) is 18.3 Å². The normalized spacial score (nSPS) is 16.0. The molecule has 0 bridgehead atoms. The van der Waals surface area contributed by atoms with Gasteiger partial charge in [-0.25, -0.2) is 0 Å². The smallest absolute Gasteiger partial charge is 0.122 e. The van der Waals surface area contributed by atoms with E-state index in [9.17, 15) is 10.2 Å². The minimum absolute atomic E-state index is 0.586. The summed E-state index contributed by atoms with van der Waals surface area (Å²) in [5.41, 5.74) is 1.52. The molecule has 0 aromatic heterocycles. The maximum absolute atomic E-state index is 10.3. The second-order valence-corrected chi connectivity index (χ2v) is 5.41. The molecule has 0 amide bonds. The number of aliphatic hydroxyl groups excluding tert-OH is 1. The van der Waals surface area contributed by atoms with Crippen molar-refractivity contribution in [2.45, 2.75) is 57.7 Å². The molecule has 2 rings (SSSR count). The van der Waals surface area contributed by atoms with Crippen molar-refractivity contribution >= 4 is 0 Å². The summed E-state index contributed by atoms with van der Waals surface area (Å²) >= 11 is 0. The summed E-state index contributed by atoms with van der Waals surface area (Å²) in [5, 5.41) is 20.4. The Hall–Kier alpha value is -1.06. The third kappa shape index (κ3) is 3.10. The Morgan fingerprint density at radius 1 is 1.32 bits per heavy atom. The Kier molecular flexibility index (Phi) is 4.48. The van der Waals surface area contributed by atoms with Crippen molar-refractivity contribution in [3.63, 3.8) is 0 Å². The number of aryl methyl sites for hydroxylation is 1. The van der Waals surface area contributed by atoms with Crippen LogP contribution in [0.4, 0.5) is 0 Å². The fourth-order valence-corrected chi connectivity index (χ4v) is 2.69. The van der Waals surface area contributed by atoms with E-state index in [4.69, 9.17) is 4.74 Å². The molecule has 1 aromatic carbocycles. The zero-order valence-electron chi connectivity index (χ0n) is 11.9. The van der Waals surface area contributed by atoms with Gasteiger partial charge in [-0.15, -0.1) is 0 Å². The van der Waals surface area contributed by atoms with Gasteiger partial charge in [-0.2, -0.15) is 0 Å². The highest BCUT2D eigenvalue weighted by Gasteiger charge is 2.31. The van der Waals surface area contributed by atoms with Crippen molar-refractivity contribution in [3.8, 4) is 5.75 Å². The molecule has 3 heteroatoms. The summed E-state index contributed by atoms with van der Waals surface area (Å²) in [7, 11) is 0.